The van der Waals surface area contributed by atoms with Gasteiger partial charge in [-0.25, -0.2) is 0 Å². The molecule has 2 aliphatic rings. The monoisotopic (exact) mass is 440 g/mol. The highest BCUT2D eigenvalue weighted by Gasteiger charge is 2.40. The molecule has 1 aliphatic carbocycles. The van der Waals surface area contributed by atoms with Gasteiger partial charge in [-0.1, -0.05) is 48.0 Å². The number of rotatable bonds is 6. The average Bonchev–Trinajstić information content (AvgIpc) is 3.09. The number of benzene rings is 2. The van der Waals surface area contributed by atoms with Crippen LogP contribution < -0.4 is 4.90 Å². The van der Waals surface area contributed by atoms with Crippen LogP contribution in [0.5, 0.6) is 0 Å². The van der Waals surface area contributed by atoms with Crippen molar-refractivity contribution in [1.29, 1.82) is 0 Å². The molecule has 2 aromatic rings. The predicted octanol–water partition coefficient (Wildman–Crippen LogP) is 5.63. The van der Waals surface area contributed by atoms with E-state index in [9.17, 15) is 4.79 Å². The molecule has 3 nitrogen and oxygen atoms in total. The van der Waals surface area contributed by atoms with Gasteiger partial charge >= 0.3 is 0 Å². The van der Waals surface area contributed by atoms with Crippen LogP contribution in [0.2, 0.25) is 0 Å². The van der Waals surface area contributed by atoms with Crippen LogP contribution >= 0.6 is 15.9 Å². The van der Waals surface area contributed by atoms with Crippen molar-refractivity contribution in [2.45, 2.75) is 51.5 Å². The van der Waals surface area contributed by atoms with Crippen LogP contribution in [-0.2, 0) is 6.42 Å². The second kappa shape index (κ2) is 8.38. The second-order valence-electron chi connectivity index (χ2n) is 8.07. The van der Waals surface area contributed by atoms with E-state index >= 15 is 0 Å². The standard InChI is InChI=1S/C24H29BrN2O/c1-3-12-26(13-4-2)19-14-18-16-27(24(28)17-8-6-5-7-9-17)22-11-10-21(25)20(15-19)23(18)22/h5-11,18-19H,3-4,12-16H2,1-2H3/t18-,19+/m0/s1. The molecule has 0 spiro atoms. The van der Waals surface area contributed by atoms with E-state index in [0.29, 0.717) is 12.0 Å². The Hall–Kier alpha value is -1.65. The van der Waals surface area contributed by atoms with Gasteiger partial charge in [0.1, 0.15) is 0 Å². The number of amides is 1. The number of carbonyl (C=O) groups excluding carboxylic acids is 1. The molecule has 0 saturated carbocycles. The molecule has 0 N–H and O–H groups in total. The molecule has 1 heterocycles. The quantitative estimate of drug-likeness (QED) is 0.580. The first-order valence-corrected chi connectivity index (χ1v) is 11.4. The zero-order valence-electron chi connectivity index (χ0n) is 16.8. The molecule has 0 saturated heterocycles. The topological polar surface area (TPSA) is 23.6 Å². The van der Waals surface area contributed by atoms with Gasteiger partial charge in [-0.3, -0.25) is 4.79 Å². The number of hydrogen-bond acceptors (Lipinski definition) is 2. The molecule has 4 heteroatoms. The molecular weight excluding hydrogens is 412 g/mol. The second-order valence-corrected chi connectivity index (χ2v) is 8.92. The fourth-order valence-corrected chi connectivity index (χ4v) is 5.54. The van der Waals surface area contributed by atoms with Crippen molar-refractivity contribution in [3.63, 3.8) is 0 Å². The van der Waals surface area contributed by atoms with Gasteiger partial charge in [0, 0.05) is 34.2 Å². The Morgan fingerprint density at radius 3 is 2.50 bits per heavy atom. The highest BCUT2D eigenvalue weighted by atomic mass is 79.9. The molecule has 0 fully saturated rings. The summed E-state index contributed by atoms with van der Waals surface area (Å²) in [4.78, 5) is 17.9. The third kappa shape index (κ3) is 3.53. The third-order valence-corrected chi connectivity index (χ3v) is 6.92. The van der Waals surface area contributed by atoms with Crippen molar-refractivity contribution < 1.29 is 4.79 Å². The van der Waals surface area contributed by atoms with Crippen LogP contribution in [0.25, 0.3) is 0 Å². The van der Waals surface area contributed by atoms with Gasteiger partial charge < -0.3 is 9.80 Å². The lowest BCUT2D eigenvalue weighted by Gasteiger charge is -2.37. The van der Waals surface area contributed by atoms with E-state index in [1.165, 1.54) is 28.4 Å². The zero-order valence-corrected chi connectivity index (χ0v) is 18.4. The van der Waals surface area contributed by atoms with Gasteiger partial charge in [0.15, 0.2) is 0 Å². The summed E-state index contributed by atoms with van der Waals surface area (Å²) in [6.45, 7) is 7.65. The van der Waals surface area contributed by atoms with Gasteiger partial charge in [-0.2, -0.15) is 0 Å². The molecule has 0 aromatic heterocycles. The van der Waals surface area contributed by atoms with E-state index in [0.717, 1.165) is 43.7 Å². The summed E-state index contributed by atoms with van der Waals surface area (Å²) >= 11 is 3.81. The molecular formula is C24H29BrN2O. The Morgan fingerprint density at radius 1 is 1.11 bits per heavy atom. The number of carbonyl (C=O) groups is 1. The van der Waals surface area contributed by atoms with Crippen LogP contribution in [0, 0.1) is 0 Å². The molecule has 2 aromatic carbocycles. The minimum atomic E-state index is 0.120. The minimum Gasteiger partial charge on any atom is -0.307 e. The average molecular weight is 441 g/mol. The van der Waals surface area contributed by atoms with E-state index in [4.69, 9.17) is 0 Å². The van der Waals surface area contributed by atoms with E-state index in [2.05, 4.69) is 46.8 Å². The lowest BCUT2D eigenvalue weighted by atomic mass is 9.80. The molecule has 0 radical (unpaired) electrons. The van der Waals surface area contributed by atoms with Crippen molar-refractivity contribution >= 4 is 27.5 Å². The predicted molar refractivity (Wildman–Crippen MR) is 119 cm³/mol. The molecule has 4 rings (SSSR count). The Labute approximate surface area is 176 Å². The summed E-state index contributed by atoms with van der Waals surface area (Å²) in [6, 6.07) is 14.5. The Balaban J connectivity index is 1.67. The van der Waals surface area contributed by atoms with Crippen LogP contribution in [0.15, 0.2) is 46.9 Å². The Kier molecular flexibility index (Phi) is 5.88. The molecule has 1 amide bonds. The maximum absolute atomic E-state index is 13.2. The van der Waals surface area contributed by atoms with Gasteiger partial charge in [-0.05, 0) is 74.2 Å². The molecule has 0 unspecified atom stereocenters. The molecule has 0 bridgehead atoms. The fourth-order valence-electron chi connectivity index (χ4n) is 5.03. The van der Waals surface area contributed by atoms with Gasteiger partial charge in [-0.15, -0.1) is 0 Å². The van der Waals surface area contributed by atoms with Crippen molar-refractivity contribution in [2.75, 3.05) is 24.5 Å². The number of hydrogen-bond donors (Lipinski definition) is 0. The van der Waals surface area contributed by atoms with Crippen molar-refractivity contribution in [1.82, 2.24) is 4.90 Å². The minimum absolute atomic E-state index is 0.120. The summed E-state index contributed by atoms with van der Waals surface area (Å²) < 4.78 is 1.20. The molecule has 148 valence electrons. The first-order valence-electron chi connectivity index (χ1n) is 10.6. The summed E-state index contributed by atoms with van der Waals surface area (Å²) in [7, 11) is 0. The Bertz CT molecular complexity index is 845. The molecule has 1 aliphatic heterocycles. The van der Waals surface area contributed by atoms with E-state index < -0.39 is 0 Å². The number of nitrogens with zero attached hydrogens (tertiary/aromatic N) is 2. The van der Waals surface area contributed by atoms with Crippen molar-refractivity contribution in [2.24, 2.45) is 0 Å². The molecule has 28 heavy (non-hydrogen) atoms. The normalized spacial score (nSPS) is 20.5. The van der Waals surface area contributed by atoms with Gasteiger partial charge in [0.2, 0.25) is 0 Å². The Morgan fingerprint density at radius 2 is 1.82 bits per heavy atom. The van der Waals surface area contributed by atoms with Crippen LogP contribution in [0.4, 0.5) is 5.69 Å². The van der Waals surface area contributed by atoms with Crippen LogP contribution in [0.3, 0.4) is 0 Å². The van der Waals surface area contributed by atoms with Crippen molar-refractivity contribution in [3.05, 3.63) is 63.6 Å². The van der Waals surface area contributed by atoms with Crippen LogP contribution in [-0.4, -0.2) is 36.5 Å². The van der Waals surface area contributed by atoms with Gasteiger partial charge in [0.05, 0.1) is 0 Å². The van der Waals surface area contributed by atoms with Gasteiger partial charge in [0.25, 0.3) is 5.91 Å². The smallest absolute Gasteiger partial charge is 0.258 e. The summed E-state index contributed by atoms with van der Waals surface area (Å²) in [5, 5.41) is 0. The number of halogens is 1. The van der Waals surface area contributed by atoms with E-state index in [1.54, 1.807) is 0 Å². The summed E-state index contributed by atoms with van der Waals surface area (Å²) in [6.07, 6.45) is 4.60. The van der Waals surface area contributed by atoms with Crippen LogP contribution in [0.1, 0.15) is 60.5 Å². The fraction of sp³-hybridized carbons (Fsp3) is 0.458. The van der Waals surface area contributed by atoms with E-state index in [-0.39, 0.29) is 5.91 Å². The lowest BCUT2D eigenvalue weighted by Crippen LogP contribution is -2.41. The SMILES string of the molecule is CCCN(CCC)[C@H]1Cc2c(Br)ccc3c2[C@@H](C1)CN3C(=O)c1ccccc1. The first kappa shape index (κ1) is 19.7. The third-order valence-electron chi connectivity index (χ3n) is 6.18. The summed E-state index contributed by atoms with van der Waals surface area (Å²) in [5.41, 5.74) is 4.71. The largest absolute Gasteiger partial charge is 0.307 e. The lowest BCUT2D eigenvalue weighted by molar-refractivity contribution is 0.0986. The maximum atomic E-state index is 13.2. The number of anilines is 1. The molecule has 2 atom stereocenters. The highest BCUT2D eigenvalue weighted by Crippen LogP contribution is 2.48. The van der Waals surface area contributed by atoms with E-state index in [1.807, 2.05) is 35.2 Å². The maximum Gasteiger partial charge on any atom is 0.258 e. The van der Waals surface area contributed by atoms with Crippen molar-refractivity contribution in [3.8, 4) is 0 Å². The first-order chi connectivity index (χ1) is 13.6. The highest BCUT2D eigenvalue weighted by molar-refractivity contribution is 9.10. The summed E-state index contributed by atoms with van der Waals surface area (Å²) in [5.74, 6) is 0.556. The zero-order chi connectivity index (χ0) is 19.7.